The Morgan fingerprint density at radius 2 is 1.94 bits per heavy atom. The van der Waals surface area contributed by atoms with Gasteiger partial charge in [-0.05, 0) is 18.4 Å². The second-order valence-corrected chi connectivity index (χ2v) is 4.94. The molecule has 1 atom stereocenters. The number of nitrogens with zero attached hydrogens (tertiary/aromatic N) is 2. The van der Waals surface area contributed by atoms with Crippen molar-refractivity contribution in [1.29, 1.82) is 0 Å². The van der Waals surface area contributed by atoms with Crippen molar-refractivity contribution in [2.45, 2.75) is 31.8 Å². The molecule has 2 saturated heterocycles. The van der Waals surface area contributed by atoms with Crippen LogP contribution in [0.5, 0.6) is 0 Å². The van der Waals surface area contributed by atoms with Crippen molar-refractivity contribution in [3.05, 3.63) is 35.9 Å². The summed E-state index contributed by atoms with van der Waals surface area (Å²) >= 11 is 0. The molecule has 1 aromatic rings. The summed E-state index contributed by atoms with van der Waals surface area (Å²) in [5.74, 6) is -0.0352. The van der Waals surface area contributed by atoms with E-state index in [2.05, 4.69) is 0 Å². The lowest BCUT2D eigenvalue weighted by Crippen LogP contribution is -2.54. The molecule has 3 amide bonds. The van der Waals surface area contributed by atoms with Crippen molar-refractivity contribution >= 4 is 11.9 Å². The number of hydrogen-bond acceptors (Lipinski definition) is 2. The van der Waals surface area contributed by atoms with Gasteiger partial charge in [-0.25, -0.2) is 4.79 Å². The number of amides is 3. The number of hydrogen-bond donors (Lipinski definition) is 0. The van der Waals surface area contributed by atoms with Crippen molar-refractivity contribution in [3.8, 4) is 0 Å². The molecule has 0 spiro atoms. The first-order valence-electron chi connectivity index (χ1n) is 6.40. The minimum Gasteiger partial charge on any atom is -0.321 e. The van der Waals surface area contributed by atoms with Gasteiger partial charge in [0.15, 0.2) is 0 Å². The Kier molecular flexibility index (Phi) is 2.78. The lowest BCUT2D eigenvalue weighted by Gasteiger charge is -2.36. The fourth-order valence-corrected chi connectivity index (χ4v) is 2.80. The number of carbonyl (C=O) groups excluding carboxylic acids is 2. The predicted octanol–water partition coefficient (Wildman–Crippen LogP) is 2.00. The maximum Gasteiger partial charge on any atom is 0.327 e. The quantitative estimate of drug-likeness (QED) is 0.798. The molecular formula is C14H16N2O2. The maximum absolute atomic E-state index is 12.3. The Labute approximate surface area is 106 Å². The largest absolute Gasteiger partial charge is 0.327 e. The zero-order valence-corrected chi connectivity index (χ0v) is 10.2. The van der Waals surface area contributed by atoms with Gasteiger partial charge in [-0.15, -0.1) is 0 Å². The summed E-state index contributed by atoms with van der Waals surface area (Å²) in [4.78, 5) is 27.5. The molecule has 0 aliphatic carbocycles. The van der Waals surface area contributed by atoms with Crippen LogP contribution in [0, 0.1) is 0 Å². The van der Waals surface area contributed by atoms with Gasteiger partial charge in [0.2, 0.25) is 5.91 Å². The van der Waals surface area contributed by atoms with Gasteiger partial charge in [0, 0.05) is 19.0 Å². The third-order valence-corrected chi connectivity index (χ3v) is 3.75. The molecule has 0 bridgehead atoms. The molecule has 0 aromatic heterocycles. The van der Waals surface area contributed by atoms with E-state index >= 15 is 0 Å². The van der Waals surface area contributed by atoms with Gasteiger partial charge in [-0.1, -0.05) is 30.3 Å². The SMILES string of the molecule is O=C1CC2CCCN2C(=O)N1Cc1ccccc1. The molecule has 2 aliphatic rings. The molecule has 2 fully saturated rings. The van der Waals surface area contributed by atoms with Crippen LogP contribution >= 0.6 is 0 Å². The van der Waals surface area contributed by atoms with Crippen molar-refractivity contribution in [3.63, 3.8) is 0 Å². The van der Waals surface area contributed by atoms with Crippen LogP contribution in [0.15, 0.2) is 30.3 Å². The van der Waals surface area contributed by atoms with E-state index in [1.54, 1.807) is 0 Å². The molecule has 1 aromatic carbocycles. The fraction of sp³-hybridized carbons (Fsp3) is 0.429. The first-order valence-corrected chi connectivity index (χ1v) is 6.40. The molecular weight excluding hydrogens is 228 g/mol. The average Bonchev–Trinajstić information content (AvgIpc) is 2.84. The lowest BCUT2D eigenvalue weighted by molar-refractivity contribution is -0.132. The third-order valence-electron chi connectivity index (χ3n) is 3.75. The molecule has 2 aliphatic heterocycles. The summed E-state index contributed by atoms with van der Waals surface area (Å²) in [6, 6.07) is 9.70. The summed E-state index contributed by atoms with van der Waals surface area (Å²) in [5.41, 5.74) is 0.997. The van der Waals surface area contributed by atoms with Crippen LogP contribution in [0.1, 0.15) is 24.8 Å². The topological polar surface area (TPSA) is 40.6 Å². The second kappa shape index (κ2) is 4.44. The van der Waals surface area contributed by atoms with Crippen LogP contribution in [-0.4, -0.2) is 34.3 Å². The standard InChI is InChI=1S/C14H16N2O2/c17-13-9-12-7-4-8-15(12)14(18)16(13)10-11-5-2-1-3-6-11/h1-3,5-6,12H,4,7-10H2. The maximum atomic E-state index is 12.3. The molecule has 4 heteroatoms. The van der Waals surface area contributed by atoms with Crippen LogP contribution in [0.2, 0.25) is 0 Å². The Bertz CT molecular complexity index is 472. The molecule has 0 radical (unpaired) electrons. The van der Waals surface area contributed by atoms with Crippen LogP contribution < -0.4 is 0 Å². The van der Waals surface area contributed by atoms with Crippen LogP contribution in [0.25, 0.3) is 0 Å². The summed E-state index contributed by atoms with van der Waals surface area (Å²) < 4.78 is 0. The number of carbonyl (C=O) groups is 2. The van der Waals surface area contributed by atoms with Gasteiger partial charge in [0.1, 0.15) is 0 Å². The lowest BCUT2D eigenvalue weighted by atomic mass is 10.1. The van der Waals surface area contributed by atoms with Gasteiger partial charge in [0.05, 0.1) is 6.54 Å². The Morgan fingerprint density at radius 1 is 1.17 bits per heavy atom. The summed E-state index contributed by atoms with van der Waals surface area (Å²) in [6.45, 7) is 1.18. The van der Waals surface area contributed by atoms with Crippen molar-refractivity contribution in [2.24, 2.45) is 0 Å². The van der Waals surface area contributed by atoms with Crippen LogP contribution in [0.3, 0.4) is 0 Å². The van der Waals surface area contributed by atoms with E-state index in [1.807, 2.05) is 35.2 Å². The van der Waals surface area contributed by atoms with Crippen LogP contribution in [0.4, 0.5) is 4.79 Å². The van der Waals surface area contributed by atoms with Crippen molar-refractivity contribution in [1.82, 2.24) is 9.80 Å². The Hall–Kier alpha value is -1.84. The van der Waals surface area contributed by atoms with Crippen LogP contribution in [-0.2, 0) is 11.3 Å². The summed E-state index contributed by atoms with van der Waals surface area (Å²) in [5, 5.41) is 0. The van der Waals surface area contributed by atoms with Gasteiger partial charge in [-0.2, -0.15) is 0 Å². The molecule has 2 heterocycles. The monoisotopic (exact) mass is 244 g/mol. The van der Waals surface area contributed by atoms with Gasteiger partial charge in [0.25, 0.3) is 0 Å². The highest BCUT2D eigenvalue weighted by molar-refractivity contribution is 5.97. The fourth-order valence-electron chi connectivity index (χ4n) is 2.80. The summed E-state index contributed by atoms with van der Waals surface area (Å²) in [7, 11) is 0. The van der Waals surface area contributed by atoms with Crippen molar-refractivity contribution < 1.29 is 9.59 Å². The molecule has 18 heavy (non-hydrogen) atoms. The summed E-state index contributed by atoms with van der Waals surface area (Å²) in [6.07, 6.45) is 2.47. The predicted molar refractivity (Wildman–Crippen MR) is 66.7 cm³/mol. The molecule has 0 N–H and O–H groups in total. The van der Waals surface area contributed by atoms with E-state index in [1.165, 1.54) is 4.90 Å². The third kappa shape index (κ3) is 1.88. The van der Waals surface area contributed by atoms with E-state index in [-0.39, 0.29) is 18.0 Å². The second-order valence-electron chi connectivity index (χ2n) is 4.94. The highest BCUT2D eigenvalue weighted by Gasteiger charge is 2.40. The van der Waals surface area contributed by atoms with E-state index in [0.29, 0.717) is 13.0 Å². The number of imide groups is 1. The average molecular weight is 244 g/mol. The van der Waals surface area contributed by atoms with Gasteiger partial charge in [-0.3, -0.25) is 9.69 Å². The van der Waals surface area contributed by atoms with E-state index in [9.17, 15) is 9.59 Å². The zero-order valence-electron chi connectivity index (χ0n) is 10.2. The highest BCUT2D eigenvalue weighted by atomic mass is 16.2. The molecule has 0 saturated carbocycles. The highest BCUT2D eigenvalue weighted by Crippen LogP contribution is 2.27. The number of rotatable bonds is 2. The minimum absolute atomic E-state index is 0.0352. The first kappa shape index (κ1) is 11.3. The molecule has 3 rings (SSSR count). The Morgan fingerprint density at radius 3 is 2.72 bits per heavy atom. The zero-order chi connectivity index (χ0) is 12.5. The Balaban J connectivity index is 1.79. The normalized spacial score (nSPS) is 23.4. The molecule has 94 valence electrons. The first-order chi connectivity index (χ1) is 8.75. The van der Waals surface area contributed by atoms with Gasteiger partial charge >= 0.3 is 6.03 Å². The number of benzene rings is 1. The smallest absolute Gasteiger partial charge is 0.321 e. The van der Waals surface area contributed by atoms with Gasteiger partial charge < -0.3 is 4.90 Å². The van der Waals surface area contributed by atoms with E-state index in [0.717, 1.165) is 24.9 Å². The number of fused-ring (bicyclic) bond motifs is 1. The van der Waals surface area contributed by atoms with Crippen molar-refractivity contribution in [2.75, 3.05) is 6.54 Å². The van der Waals surface area contributed by atoms with E-state index < -0.39 is 0 Å². The number of urea groups is 1. The van der Waals surface area contributed by atoms with E-state index in [4.69, 9.17) is 0 Å². The molecule has 1 unspecified atom stereocenters. The molecule has 4 nitrogen and oxygen atoms in total. The minimum atomic E-state index is -0.113.